The Labute approximate surface area is 136 Å². The standard InChI is InChI=1S/C9H2F16O.H2O/c10-2(11)4(14,15)6(18,19)8(22,23)9(24,25)7(20,21)5(16,17)3(12,13)1-26;/h1-2H;1H2. The molecule has 0 aliphatic rings. The van der Waals surface area contributed by atoms with E-state index in [9.17, 15) is 75.0 Å². The van der Waals surface area contributed by atoms with Gasteiger partial charge in [-0.1, -0.05) is 0 Å². The minimum Gasteiger partial charge on any atom is -0.412 e. The second kappa shape index (κ2) is 6.84. The summed E-state index contributed by atoms with van der Waals surface area (Å²) in [6.07, 6.45) is -8.33. The largest absolute Gasteiger partial charge is 0.412 e. The maximum Gasteiger partial charge on any atom is 0.385 e. The summed E-state index contributed by atoms with van der Waals surface area (Å²) < 4.78 is 201. The Hall–Kier alpha value is -1.49. The topological polar surface area (TPSA) is 48.6 Å². The van der Waals surface area contributed by atoms with E-state index in [0.29, 0.717) is 0 Å². The van der Waals surface area contributed by atoms with Crippen LogP contribution in [0, 0.1) is 0 Å². The SMILES string of the molecule is O.O=CC(F)(F)C(F)(F)C(F)(F)C(F)(F)C(F)(F)C(F)(F)C(F)(F)C(F)F. The van der Waals surface area contributed by atoms with E-state index in [0.717, 1.165) is 0 Å². The van der Waals surface area contributed by atoms with Crippen molar-refractivity contribution in [1.82, 2.24) is 0 Å². The van der Waals surface area contributed by atoms with Gasteiger partial charge < -0.3 is 5.48 Å². The molecule has 0 aromatic rings. The van der Waals surface area contributed by atoms with E-state index in [2.05, 4.69) is 0 Å². The highest BCUT2D eigenvalue weighted by Crippen LogP contribution is 2.62. The van der Waals surface area contributed by atoms with E-state index in [1.165, 1.54) is 0 Å². The zero-order chi connectivity index (χ0) is 21.8. The van der Waals surface area contributed by atoms with Crippen LogP contribution < -0.4 is 0 Å². The molecule has 0 rings (SSSR count). The smallest absolute Gasteiger partial charge is 0.385 e. The van der Waals surface area contributed by atoms with Crippen molar-refractivity contribution in [2.45, 2.75) is 47.9 Å². The zero-order valence-corrected chi connectivity index (χ0v) is 11.6. The van der Waals surface area contributed by atoms with Crippen molar-refractivity contribution >= 4 is 6.29 Å². The lowest BCUT2D eigenvalue weighted by Gasteiger charge is -2.41. The Kier molecular flexibility index (Phi) is 7.02. The molecule has 2 nitrogen and oxygen atoms in total. The van der Waals surface area contributed by atoms with Crippen molar-refractivity contribution in [3.8, 4) is 0 Å². The first-order valence-corrected chi connectivity index (χ1v) is 5.40. The molecular weight excluding hydrogens is 444 g/mol. The molecule has 2 N–H and O–H groups in total. The molecule has 0 unspecified atom stereocenters. The first-order valence-electron chi connectivity index (χ1n) is 5.40. The summed E-state index contributed by atoms with van der Waals surface area (Å²) in [6.45, 7) is 0. The number of hydrogen-bond acceptors (Lipinski definition) is 1. The lowest BCUT2D eigenvalue weighted by Crippen LogP contribution is -2.73. The molecule has 0 radical (unpaired) electrons. The molecule has 0 aromatic carbocycles. The van der Waals surface area contributed by atoms with Crippen LogP contribution in [0.2, 0.25) is 0 Å². The number of aldehydes is 1. The second-order valence-corrected chi connectivity index (χ2v) is 4.54. The van der Waals surface area contributed by atoms with Gasteiger partial charge in [0, 0.05) is 0 Å². The van der Waals surface area contributed by atoms with Crippen molar-refractivity contribution in [2.24, 2.45) is 0 Å². The first-order chi connectivity index (χ1) is 11.0. The normalized spacial score (nSPS) is 15.6. The van der Waals surface area contributed by atoms with E-state index < -0.39 is 54.2 Å². The first kappa shape index (κ1) is 27.7. The van der Waals surface area contributed by atoms with Crippen LogP contribution in [0.1, 0.15) is 0 Å². The third-order valence-corrected chi connectivity index (χ3v) is 2.84. The van der Waals surface area contributed by atoms with Crippen LogP contribution in [0.25, 0.3) is 0 Å². The van der Waals surface area contributed by atoms with E-state index in [-0.39, 0.29) is 5.48 Å². The number of alkyl halides is 16. The molecule has 0 bridgehead atoms. The summed E-state index contributed by atoms with van der Waals surface area (Å²) in [5.41, 5.74) is 0. The number of carbonyl (C=O) groups excluding carboxylic acids is 1. The Bertz CT molecular complexity index is 538. The predicted octanol–water partition coefficient (Wildman–Crippen LogP) is 4.07. The molecule has 0 heterocycles. The molecular formula is C9H4F16O2. The molecule has 164 valence electrons. The molecule has 18 heteroatoms. The molecule has 27 heavy (non-hydrogen) atoms. The Morgan fingerprint density at radius 3 is 1.04 bits per heavy atom. The van der Waals surface area contributed by atoms with E-state index in [1.807, 2.05) is 0 Å². The minimum absolute atomic E-state index is 0. The maximum atomic E-state index is 12.9. The fourth-order valence-corrected chi connectivity index (χ4v) is 1.22. The number of hydrogen-bond donors (Lipinski definition) is 0. The van der Waals surface area contributed by atoms with E-state index in [4.69, 9.17) is 0 Å². The van der Waals surface area contributed by atoms with Gasteiger partial charge in [-0.25, -0.2) is 8.78 Å². The average Bonchev–Trinajstić information content (AvgIpc) is 2.45. The van der Waals surface area contributed by atoms with Crippen molar-refractivity contribution < 1.29 is 80.5 Å². The average molecular weight is 448 g/mol. The fraction of sp³-hybridized carbons (Fsp3) is 0.889. The van der Waals surface area contributed by atoms with Crippen LogP contribution in [-0.4, -0.2) is 59.6 Å². The van der Waals surface area contributed by atoms with E-state index in [1.54, 1.807) is 0 Å². The van der Waals surface area contributed by atoms with Crippen LogP contribution in [0.4, 0.5) is 70.2 Å². The van der Waals surface area contributed by atoms with Gasteiger partial charge in [0.1, 0.15) is 0 Å². The third kappa shape index (κ3) is 3.28. The van der Waals surface area contributed by atoms with E-state index >= 15 is 0 Å². The van der Waals surface area contributed by atoms with Gasteiger partial charge in [-0.3, -0.25) is 4.79 Å². The fourth-order valence-electron chi connectivity index (χ4n) is 1.22. The van der Waals surface area contributed by atoms with Gasteiger partial charge in [-0.05, 0) is 0 Å². The van der Waals surface area contributed by atoms with Crippen LogP contribution >= 0.6 is 0 Å². The summed E-state index contributed by atoms with van der Waals surface area (Å²) >= 11 is 0. The van der Waals surface area contributed by atoms with Crippen molar-refractivity contribution in [1.29, 1.82) is 0 Å². The van der Waals surface area contributed by atoms with Gasteiger partial charge in [0.05, 0.1) is 0 Å². The Balaban J connectivity index is 0. The molecule has 0 aliphatic carbocycles. The van der Waals surface area contributed by atoms with Gasteiger partial charge in [-0.2, -0.15) is 61.5 Å². The van der Waals surface area contributed by atoms with Gasteiger partial charge >= 0.3 is 47.9 Å². The predicted molar refractivity (Wildman–Crippen MR) is 50.3 cm³/mol. The number of rotatable bonds is 8. The maximum absolute atomic E-state index is 12.9. The highest BCUT2D eigenvalue weighted by atomic mass is 19.4. The molecule has 0 atom stereocenters. The number of carbonyl (C=O) groups is 1. The summed E-state index contributed by atoms with van der Waals surface area (Å²) in [7, 11) is 0. The quantitative estimate of drug-likeness (QED) is 0.408. The summed E-state index contributed by atoms with van der Waals surface area (Å²) in [4.78, 5) is 9.58. The van der Waals surface area contributed by atoms with Crippen molar-refractivity contribution in [3.05, 3.63) is 0 Å². The molecule has 0 amide bonds. The van der Waals surface area contributed by atoms with Gasteiger partial charge in [0.15, 0.2) is 6.29 Å². The highest BCUT2D eigenvalue weighted by molar-refractivity contribution is 5.62. The molecule has 0 fully saturated rings. The third-order valence-electron chi connectivity index (χ3n) is 2.84. The lowest BCUT2D eigenvalue weighted by atomic mass is 9.89. The molecule has 0 aromatic heterocycles. The monoisotopic (exact) mass is 448 g/mol. The number of halogens is 16. The molecule has 0 saturated heterocycles. The second-order valence-electron chi connectivity index (χ2n) is 4.54. The molecule has 0 saturated carbocycles. The summed E-state index contributed by atoms with van der Waals surface area (Å²) in [6, 6.07) is 0. The van der Waals surface area contributed by atoms with Gasteiger partial charge in [0.2, 0.25) is 0 Å². The van der Waals surface area contributed by atoms with Crippen LogP contribution in [0.3, 0.4) is 0 Å². The van der Waals surface area contributed by atoms with Crippen molar-refractivity contribution in [2.75, 3.05) is 0 Å². The van der Waals surface area contributed by atoms with Gasteiger partial charge in [-0.15, -0.1) is 0 Å². The summed E-state index contributed by atoms with van der Waals surface area (Å²) in [5, 5.41) is 0. The Morgan fingerprint density at radius 2 is 0.778 bits per heavy atom. The summed E-state index contributed by atoms with van der Waals surface area (Å²) in [5.74, 6) is -55.4. The molecule has 0 aliphatic heterocycles. The van der Waals surface area contributed by atoms with Gasteiger partial charge in [0.25, 0.3) is 0 Å². The van der Waals surface area contributed by atoms with Crippen LogP contribution in [0.15, 0.2) is 0 Å². The Morgan fingerprint density at radius 1 is 0.519 bits per heavy atom. The molecule has 0 spiro atoms. The van der Waals surface area contributed by atoms with Crippen molar-refractivity contribution in [3.63, 3.8) is 0 Å². The van der Waals surface area contributed by atoms with Crippen LogP contribution in [0.5, 0.6) is 0 Å². The van der Waals surface area contributed by atoms with Crippen LogP contribution in [-0.2, 0) is 4.79 Å². The zero-order valence-electron chi connectivity index (χ0n) is 11.6. The highest BCUT2D eigenvalue weighted by Gasteiger charge is 2.93. The lowest BCUT2D eigenvalue weighted by molar-refractivity contribution is -0.443. The minimum atomic E-state index is -8.46.